The van der Waals surface area contributed by atoms with Gasteiger partial charge in [0.1, 0.15) is 23.7 Å². The molecule has 1 spiro atoms. The second kappa shape index (κ2) is 11.4. The minimum atomic E-state index is -0.290. The lowest BCUT2D eigenvalue weighted by atomic mass is 9.49. The molecule has 2 aromatic rings. The van der Waals surface area contributed by atoms with Crippen LogP contribution < -0.4 is 19.7 Å². The molecule has 4 aliphatic rings. The normalized spacial score (nSPS) is 26.1. The first-order valence-electron chi connectivity index (χ1n) is 16.5. The van der Waals surface area contributed by atoms with Crippen molar-refractivity contribution in [2.75, 3.05) is 25.1 Å². The molecule has 6 nitrogen and oxygen atoms in total. The Kier molecular flexibility index (Phi) is 7.90. The van der Waals surface area contributed by atoms with Crippen LogP contribution in [0.5, 0.6) is 11.5 Å². The number of nitriles is 1. The maximum atomic E-state index is 13.4. The van der Waals surface area contributed by atoms with Gasteiger partial charge in [-0.25, -0.2) is 0 Å². The van der Waals surface area contributed by atoms with Crippen LogP contribution in [0.3, 0.4) is 0 Å². The molecule has 6 rings (SSSR count). The molecule has 1 N–H and O–H groups in total. The van der Waals surface area contributed by atoms with Crippen molar-refractivity contribution >= 4 is 11.6 Å². The summed E-state index contributed by atoms with van der Waals surface area (Å²) in [7, 11) is 1.55. The number of hydrogen-bond acceptors (Lipinski definition) is 5. The van der Waals surface area contributed by atoms with Crippen LogP contribution in [0.15, 0.2) is 42.5 Å². The Balaban J connectivity index is 1.02. The van der Waals surface area contributed by atoms with Crippen molar-refractivity contribution < 1.29 is 14.3 Å². The van der Waals surface area contributed by atoms with Crippen molar-refractivity contribution in [3.05, 3.63) is 53.6 Å². The average Bonchev–Trinajstić information content (AvgIpc) is 3.01. The fraction of sp³-hybridized carbons (Fsp3) is 0.622. The van der Waals surface area contributed by atoms with E-state index >= 15 is 0 Å². The van der Waals surface area contributed by atoms with Gasteiger partial charge in [-0.15, -0.1) is 0 Å². The molecule has 43 heavy (non-hydrogen) atoms. The van der Waals surface area contributed by atoms with E-state index in [2.05, 4.69) is 56.1 Å². The number of anilines is 1. The van der Waals surface area contributed by atoms with Crippen LogP contribution in [0, 0.1) is 39.4 Å². The largest absolute Gasteiger partial charge is 0.495 e. The highest BCUT2D eigenvalue weighted by molar-refractivity contribution is 5.95. The standard InChI is InChI=1S/C37H49N3O3/c1-35(2)33(36(3,4)34(35)43-30-16-13-28(22-38)31(21-30)42-5)39-32(41)27-11-14-29(15-12-27)40-23-37(24-40)19-17-26(18-20-37)25-9-7-6-8-10-25/h11-16,21,25-26,33-34H,6-10,17-20,23-24H2,1-5H3,(H,39,41). The van der Waals surface area contributed by atoms with E-state index in [0.717, 1.165) is 24.9 Å². The van der Waals surface area contributed by atoms with Gasteiger partial charge < -0.3 is 19.7 Å². The van der Waals surface area contributed by atoms with Crippen molar-refractivity contribution in [1.29, 1.82) is 5.26 Å². The Morgan fingerprint density at radius 3 is 2.14 bits per heavy atom. The monoisotopic (exact) mass is 583 g/mol. The maximum absolute atomic E-state index is 13.4. The lowest BCUT2D eigenvalue weighted by Gasteiger charge is -2.63. The average molecular weight is 584 g/mol. The summed E-state index contributed by atoms with van der Waals surface area (Å²) in [5.41, 5.74) is 2.34. The zero-order chi connectivity index (χ0) is 30.4. The number of methoxy groups -OCH3 is 1. The molecule has 0 aromatic heterocycles. The first-order valence-corrected chi connectivity index (χ1v) is 16.5. The van der Waals surface area contributed by atoms with Crippen LogP contribution in [0.4, 0.5) is 5.69 Å². The SMILES string of the molecule is COc1cc(OC2C(C)(C)C(NC(=O)c3ccc(N4CC5(CCC(C6CCCCC6)CC5)C4)cc3)C2(C)C)ccc1C#N. The van der Waals surface area contributed by atoms with E-state index < -0.39 is 0 Å². The predicted octanol–water partition coefficient (Wildman–Crippen LogP) is 7.76. The van der Waals surface area contributed by atoms with Gasteiger partial charge in [-0.05, 0) is 73.9 Å². The van der Waals surface area contributed by atoms with Crippen molar-refractivity contribution in [2.24, 2.45) is 28.1 Å². The summed E-state index contributed by atoms with van der Waals surface area (Å²) in [6, 6.07) is 15.6. The van der Waals surface area contributed by atoms with Crippen LogP contribution in [-0.2, 0) is 0 Å². The molecular formula is C37H49N3O3. The fourth-order valence-electron chi connectivity index (χ4n) is 9.40. The highest BCUT2D eigenvalue weighted by Crippen LogP contribution is 2.56. The maximum Gasteiger partial charge on any atom is 0.251 e. The van der Waals surface area contributed by atoms with E-state index in [0.29, 0.717) is 28.0 Å². The van der Waals surface area contributed by atoms with Crippen LogP contribution in [0.25, 0.3) is 0 Å². The number of carbonyl (C=O) groups excluding carboxylic acids is 1. The Bertz CT molecular complexity index is 1340. The summed E-state index contributed by atoms with van der Waals surface area (Å²) in [6.45, 7) is 10.9. The summed E-state index contributed by atoms with van der Waals surface area (Å²) in [4.78, 5) is 15.9. The Hall–Kier alpha value is -3.20. The molecule has 3 saturated carbocycles. The molecule has 0 bridgehead atoms. The summed E-state index contributed by atoms with van der Waals surface area (Å²) in [5.74, 6) is 3.09. The third kappa shape index (κ3) is 5.49. The number of nitrogens with zero attached hydrogens (tertiary/aromatic N) is 2. The lowest BCUT2D eigenvalue weighted by Crippen LogP contribution is -2.74. The van der Waals surface area contributed by atoms with Gasteiger partial charge in [0, 0.05) is 52.7 Å². The molecule has 0 radical (unpaired) electrons. The van der Waals surface area contributed by atoms with Gasteiger partial charge >= 0.3 is 0 Å². The van der Waals surface area contributed by atoms with E-state index in [1.54, 1.807) is 19.2 Å². The van der Waals surface area contributed by atoms with Crippen molar-refractivity contribution in [3.63, 3.8) is 0 Å². The third-order valence-corrected chi connectivity index (χ3v) is 11.6. The van der Waals surface area contributed by atoms with Gasteiger partial charge in [-0.3, -0.25) is 4.79 Å². The quantitative estimate of drug-likeness (QED) is 0.361. The summed E-state index contributed by atoms with van der Waals surface area (Å²) < 4.78 is 11.8. The van der Waals surface area contributed by atoms with E-state index in [1.165, 1.54) is 63.5 Å². The summed E-state index contributed by atoms with van der Waals surface area (Å²) in [5, 5.41) is 12.6. The zero-order valence-electron chi connectivity index (χ0n) is 26.7. The van der Waals surface area contributed by atoms with Crippen LogP contribution >= 0.6 is 0 Å². The molecule has 3 aliphatic carbocycles. The molecule has 0 atom stereocenters. The highest BCUT2D eigenvalue weighted by atomic mass is 16.5. The van der Waals surface area contributed by atoms with E-state index in [4.69, 9.17) is 9.47 Å². The smallest absolute Gasteiger partial charge is 0.251 e. The molecule has 1 heterocycles. The topological polar surface area (TPSA) is 74.6 Å². The summed E-state index contributed by atoms with van der Waals surface area (Å²) in [6.07, 6.45) is 12.8. The molecule has 1 amide bonds. The fourth-order valence-corrected chi connectivity index (χ4v) is 9.40. The second-order valence-corrected chi connectivity index (χ2v) is 15.2. The number of amides is 1. The van der Waals surface area contributed by atoms with Crippen molar-refractivity contribution in [2.45, 2.75) is 97.6 Å². The molecule has 0 unspecified atom stereocenters. The Morgan fingerprint density at radius 1 is 0.907 bits per heavy atom. The molecule has 230 valence electrons. The molecule has 6 heteroatoms. The van der Waals surface area contributed by atoms with Crippen molar-refractivity contribution in [1.82, 2.24) is 5.32 Å². The summed E-state index contributed by atoms with van der Waals surface area (Å²) >= 11 is 0. The number of carbonyl (C=O) groups is 1. The molecule has 1 saturated heterocycles. The van der Waals surface area contributed by atoms with E-state index in [-0.39, 0.29) is 28.9 Å². The number of benzene rings is 2. The molecule has 4 fully saturated rings. The first-order chi connectivity index (χ1) is 20.6. The van der Waals surface area contributed by atoms with Crippen LogP contribution in [0.1, 0.15) is 101 Å². The van der Waals surface area contributed by atoms with Gasteiger partial charge in [-0.1, -0.05) is 59.8 Å². The number of hydrogen-bond donors (Lipinski definition) is 1. The van der Waals surface area contributed by atoms with Crippen LogP contribution in [0.2, 0.25) is 0 Å². The minimum Gasteiger partial charge on any atom is -0.495 e. The van der Waals surface area contributed by atoms with Crippen molar-refractivity contribution in [3.8, 4) is 17.6 Å². The molecular weight excluding hydrogens is 534 g/mol. The zero-order valence-corrected chi connectivity index (χ0v) is 26.7. The highest BCUT2D eigenvalue weighted by Gasteiger charge is 2.64. The van der Waals surface area contributed by atoms with Crippen LogP contribution in [-0.4, -0.2) is 38.3 Å². The van der Waals surface area contributed by atoms with Gasteiger partial charge in [0.05, 0.1) is 12.7 Å². The number of ether oxygens (including phenoxy) is 2. The lowest BCUT2D eigenvalue weighted by molar-refractivity contribution is -0.164. The number of rotatable bonds is 7. The van der Waals surface area contributed by atoms with Gasteiger partial charge in [0.2, 0.25) is 0 Å². The third-order valence-electron chi connectivity index (χ3n) is 11.6. The van der Waals surface area contributed by atoms with E-state index in [1.807, 2.05) is 18.2 Å². The Labute approximate surface area is 258 Å². The van der Waals surface area contributed by atoms with E-state index in [9.17, 15) is 10.1 Å². The van der Waals surface area contributed by atoms with Gasteiger partial charge in [-0.2, -0.15) is 5.26 Å². The molecule has 1 aliphatic heterocycles. The van der Waals surface area contributed by atoms with Gasteiger partial charge in [0.25, 0.3) is 5.91 Å². The second-order valence-electron chi connectivity index (χ2n) is 15.2. The minimum absolute atomic E-state index is 0.0442. The first kappa shape index (κ1) is 29.9. The Morgan fingerprint density at radius 2 is 1.53 bits per heavy atom. The predicted molar refractivity (Wildman–Crippen MR) is 171 cm³/mol. The van der Waals surface area contributed by atoms with Gasteiger partial charge in [0.15, 0.2) is 0 Å². The number of nitrogens with one attached hydrogen (secondary N) is 1. The molecule has 2 aromatic carbocycles.